The molecule has 2 aromatic rings. The van der Waals surface area contributed by atoms with Crippen molar-refractivity contribution in [2.45, 2.75) is 20.0 Å². The zero-order chi connectivity index (χ0) is 22.1. The summed E-state index contributed by atoms with van der Waals surface area (Å²) in [6.45, 7) is 3.24. The van der Waals surface area contributed by atoms with E-state index < -0.39 is 35.3 Å². The number of benzene rings is 2. The maximum atomic E-state index is 12.9. The Kier molecular flexibility index (Phi) is 6.02. The molecule has 0 unspecified atom stereocenters. The fourth-order valence-electron chi connectivity index (χ4n) is 2.81. The number of carbonyl (C=O) groups excluding carboxylic acids is 3. The van der Waals surface area contributed by atoms with E-state index in [2.05, 4.69) is 5.32 Å². The number of alkyl halides is 3. The maximum absolute atomic E-state index is 12.9. The maximum Gasteiger partial charge on any atom is 0.416 e. The van der Waals surface area contributed by atoms with Crippen molar-refractivity contribution in [1.82, 2.24) is 4.90 Å². The minimum absolute atomic E-state index is 0.0427. The van der Waals surface area contributed by atoms with E-state index in [1.54, 1.807) is 12.1 Å². The number of amides is 3. The summed E-state index contributed by atoms with van der Waals surface area (Å²) in [6, 6.07) is 9.80. The average molecular weight is 434 g/mol. The summed E-state index contributed by atoms with van der Waals surface area (Å²) in [6.07, 6.45) is -3.31. The molecule has 30 heavy (non-hydrogen) atoms. The number of thioether (sulfide) groups is 1. The van der Waals surface area contributed by atoms with Gasteiger partial charge in [0, 0.05) is 5.69 Å². The lowest BCUT2D eigenvalue weighted by Gasteiger charge is -2.14. The monoisotopic (exact) mass is 434 g/mol. The van der Waals surface area contributed by atoms with Gasteiger partial charge in [-0.3, -0.25) is 19.3 Å². The van der Waals surface area contributed by atoms with Gasteiger partial charge in [-0.1, -0.05) is 24.3 Å². The van der Waals surface area contributed by atoms with Gasteiger partial charge in [0.2, 0.25) is 5.91 Å². The molecule has 0 aromatic heterocycles. The molecule has 3 amide bonds. The molecular weight excluding hydrogens is 417 g/mol. The fraction of sp³-hybridized carbons (Fsp3) is 0.190. The molecule has 2 aromatic carbocycles. The fourth-order valence-corrected chi connectivity index (χ4v) is 3.65. The van der Waals surface area contributed by atoms with Crippen molar-refractivity contribution in [1.29, 1.82) is 0 Å². The van der Waals surface area contributed by atoms with Crippen LogP contribution in [0.1, 0.15) is 22.3 Å². The summed E-state index contributed by atoms with van der Waals surface area (Å²) < 4.78 is 38.6. The second kappa shape index (κ2) is 8.35. The third kappa shape index (κ3) is 4.73. The van der Waals surface area contributed by atoms with Gasteiger partial charge < -0.3 is 5.32 Å². The number of nitrogens with one attached hydrogen (secondary N) is 1. The van der Waals surface area contributed by atoms with Crippen LogP contribution < -0.4 is 5.32 Å². The van der Waals surface area contributed by atoms with E-state index in [1.165, 1.54) is 18.2 Å². The number of hydrogen-bond acceptors (Lipinski definition) is 4. The van der Waals surface area contributed by atoms with Gasteiger partial charge in [0.1, 0.15) is 6.54 Å². The predicted molar refractivity (Wildman–Crippen MR) is 109 cm³/mol. The van der Waals surface area contributed by atoms with E-state index >= 15 is 0 Å². The molecule has 1 aliphatic heterocycles. The normalized spacial score (nSPS) is 15.8. The van der Waals surface area contributed by atoms with Crippen molar-refractivity contribution in [3.63, 3.8) is 0 Å². The zero-order valence-corrected chi connectivity index (χ0v) is 16.9. The van der Waals surface area contributed by atoms with Crippen LogP contribution in [0.5, 0.6) is 0 Å². The number of hydrogen-bond donors (Lipinski definition) is 1. The van der Waals surface area contributed by atoms with Crippen LogP contribution in [0.15, 0.2) is 47.4 Å². The first kappa shape index (κ1) is 21.6. The molecule has 3 rings (SSSR count). The Morgan fingerprint density at radius 1 is 1.13 bits per heavy atom. The highest BCUT2D eigenvalue weighted by molar-refractivity contribution is 8.18. The van der Waals surface area contributed by atoms with Crippen LogP contribution in [-0.4, -0.2) is 28.5 Å². The Labute approximate surface area is 174 Å². The van der Waals surface area contributed by atoms with Crippen molar-refractivity contribution in [3.05, 3.63) is 69.6 Å². The van der Waals surface area contributed by atoms with Crippen LogP contribution in [0, 0.1) is 13.8 Å². The summed E-state index contributed by atoms with van der Waals surface area (Å²) in [5.41, 5.74) is 1.69. The Morgan fingerprint density at radius 3 is 2.53 bits per heavy atom. The van der Waals surface area contributed by atoms with Crippen molar-refractivity contribution >= 4 is 40.6 Å². The second-order valence-electron chi connectivity index (χ2n) is 6.69. The molecule has 156 valence electrons. The van der Waals surface area contributed by atoms with Gasteiger partial charge in [-0.15, -0.1) is 0 Å². The van der Waals surface area contributed by atoms with Gasteiger partial charge in [0.05, 0.1) is 10.5 Å². The predicted octanol–water partition coefficient (Wildman–Crippen LogP) is 5.00. The molecule has 0 saturated carbocycles. The van der Waals surface area contributed by atoms with Gasteiger partial charge in [0.15, 0.2) is 0 Å². The van der Waals surface area contributed by atoms with E-state index in [-0.39, 0.29) is 10.5 Å². The summed E-state index contributed by atoms with van der Waals surface area (Å²) in [7, 11) is 0. The molecule has 9 heteroatoms. The quantitative estimate of drug-likeness (QED) is 0.688. The molecule has 0 radical (unpaired) electrons. The number of imide groups is 1. The largest absolute Gasteiger partial charge is 0.416 e. The molecule has 0 bridgehead atoms. The van der Waals surface area contributed by atoms with Crippen LogP contribution in [-0.2, 0) is 15.8 Å². The average Bonchev–Trinajstić information content (AvgIpc) is 2.92. The summed E-state index contributed by atoms with van der Waals surface area (Å²) >= 11 is 0.581. The van der Waals surface area contributed by atoms with E-state index in [1.807, 2.05) is 19.9 Å². The SMILES string of the molecule is Cc1cccc(NC(=O)CN2C(=O)S/C(=C/c3cccc(C(F)(F)F)c3)C2=O)c1C. The van der Waals surface area contributed by atoms with Gasteiger partial charge in [-0.05, 0) is 66.6 Å². The van der Waals surface area contributed by atoms with Crippen LogP contribution in [0.2, 0.25) is 0 Å². The highest BCUT2D eigenvalue weighted by Gasteiger charge is 2.36. The third-order valence-corrected chi connectivity index (χ3v) is 5.47. The number of nitrogens with zero attached hydrogens (tertiary/aromatic N) is 1. The lowest BCUT2D eigenvalue weighted by atomic mass is 10.1. The van der Waals surface area contributed by atoms with Crippen LogP contribution in [0.4, 0.5) is 23.7 Å². The number of anilines is 1. The van der Waals surface area contributed by atoms with Gasteiger partial charge in [-0.25, -0.2) is 0 Å². The Morgan fingerprint density at radius 2 is 1.83 bits per heavy atom. The van der Waals surface area contributed by atoms with Crippen molar-refractivity contribution < 1.29 is 27.6 Å². The highest BCUT2D eigenvalue weighted by Crippen LogP contribution is 2.34. The molecule has 1 N–H and O–H groups in total. The lowest BCUT2D eigenvalue weighted by molar-refractivity contribution is -0.137. The lowest BCUT2D eigenvalue weighted by Crippen LogP contribution is -2.36. The molecule has 0 atom stereocenters. The van der Waals surface area contributed by atoms with Crippen LogP contribution in [0.3, 0.4) is 0 Å². The van der Waals surface area contributed by atoms with Gasteiger partial charge in [0.25, 0.3) is 11.1 Å². The third-order valence-electron chi connectivity index (χ3n) is 4.57. The van der Waals surface area contributed by atoms with Gasteiger partial charge in [-0.2, -0.15) is 13.2 Å². The molecular formula is C21H17F3N2O3S. The van der Waals surface area contributed by atoms with Crippen LogP contribution >= 0.6 is 11.8 Å². The molecule has 0 spiro atoms. The van der Waals surface area contributed by atoms with E-state index in [0.29, 0.717) is 17.4 Å². The first-order chi connectivity index (χ1) is 14.1. The summed E-state index contributed by atoms with van der Waals surface area (Å²) in [5, 5.41) is 2.01. The Bertz CT molecular complexity index is 1060. The van der Waals surface area contributed by atoms with E-state index in [9.17, 15) is 27.6 Å². The minimum atomic E-state index is -4.52. The molecule has 0 aliphatic carbocycles. The Balaban J connectivity index is 1.74. The first-order valence-electron chi connectivity index (χ1n) is 8.85. The van der Waals surface area contributed by atoms with E-state index in [0.717, 1.165) is 28.2 Å². The molecule has 1 saturated heterocycles. The van der Waals surface area contributed by atoms with Crippen molar-refractivity contribution in [2.75, 3.05) is 11.9 Å². The second-order valence-corrected chi connectivity index (χ2v) is 7.68. The standard InChI is InChI=1S/C21H17F3N2O3S/c1-12-5-3-8-16(13(12)2)25-18(27)11-26-19(28)17(30-20(26)29)10-14-6-4-7-15(9-14)21(22,23)24/h3-10H,11H2,1-2H3,(H,25,27)/b17-10+. The molecule has 5 nitrogen and oxygen atoms in total. The van der Waals surface area contributed by atoms with Crippen LogP contribution in [0.25, 0.3) is 6.08 Å². The topological polar surface area (TPSA) is 66.5 Å². The van der Waals surface area contributed by atoms with E-state index in [4.69, 9.17) is 0 Å². The van der Waals surface area contributed by atoms with Crippen molar-refractivity contribution in [2.24, 2.45) is 0 Å². The number of aryl methyl sites for hydroxylation is 1. The Hall–Kier alpha value is -3.07. The number of carbonyl (C=O) groups is 3. The summed E-state index contributed by atoms with van der Waals surface area (Å²) in [4.78, 5) is 37.8. The molecule has 1 heterocycles. The highest BCUT2D eigenvalue weighted by atomic mass is 32.2. The van der Waals surface area contributed by atoms with Gasteiger partial charge >= 0.3 is 6.18 Å². The minimum Gasteiger partial charge on any atom is -0.324 e. The molecule has 1 aliphatic rings. The number of rotatable bonds is 4. The molecule has 1 fully saturated rings. The zero-order valence-electron chi connectivity index (χ0n) is 16.0. The van der Waals surface area contributed by atoms with Crippen molar-refractivity contribution in [3.8, 4) is 0 Å². The smallest absolute Gasteiger partial charge is 0.324 e. The summed E-state index contributed by atoms with van der Waals surface area (Å²) in [5.74, 6) is -1.27. The first-order valence-corrected chi connectivity index (χ1v) is 9.66. The number of halogens is 3.